The van der Waals surface area contributed by atoms with Gasteiger partial charge in [0.25, 0.3) is 0 Å². The molecule has 0 N–H and O–H groups in total. The third-order valence-corrected chi connectivity index (χ3v) is 14.3. The topological polar surface area (TPSA) is 25.8 Å². The minimum Gasteiger partial charge on any atom is -0.236 e. The molecule has 0 spiro atoms. The quantitative estimate of drug-likeness (QED) is 0.156. The summed E-state index contributed by atoms with van der Waals surface area (Å²) in [7, 11) is 0. The summed E-state index contributed by atoms with van der Waals surface area (Å²) in [6.07, 6.45) is 0. The molecule has 0 bridgehead atoms. The summed E-state index contributed by atoms with van der Waals surface area (Å²) >= 11 is 3.53. The molecule has 0 atom stereocenters. The lowest BCUT2D eigenvalue weighted by molar-refractivity contribution is 1.45. The Morgan fingerprint density at radius 2 is 0.645 bits per heavy atom. The number of benzene rings is 10. The second kappa shape index (κ2) is 14.7. The fourth-order valence-corrected chi connectivity index (χ4v) is 11.6. The second-order valence-electron chi connectivity index (χ2n) is 16.2. The molecule has 0 aliphatic carbocycles. The van der Waals surface area contributed by atoms with Crippen LogP contribution >= 0.6 is 22.7 Å². The molecule has 0 aliphatic rings. The first-order valence-electron chi connectivity index (χ1n) is 21.1. The Morgan fingerprint density at radius 1 is 0.306 bits per heavy atom. The molecule has 0 aliphatic heterocycles. The van der Waals surface area contributed by atoms with Crippen molar-refractivity contribution in [3.63, 3.8) is 0 Å². The lowest BCUT2D eigenvalue weighted by Crippen LogP contribution is -1.98. The number of hydrogen-bond donors (Lipinski definition) is 0. The van der Waals surface area contributed by atoms with E-state index in [2.05, 4.69) is 208 Å². The monoisotopic (exact) mass is 826 g/mol. The van der Waals surface area contributed by atoms with Gasteiger partial charge in [-0.05, 0) is 138 Å². The van der Waals surface area contributed by atoms with Crippen LogP contribution in [0.25, 0.3) is 118 Å². The molecule has 292 valence electrons. The van der Waals surface area contributed by atoms with E-state index in [1.807, 2.05) is 0 Å². The number of aromatic nitrogens is 2. The average molecular weight is 827 g/mol. The zero-order chi connectivity index (χ0) is 41.3. The SMILES string of the molecule is Cc1ccc2nc(-c3cccc(-c4c5ccccc5c(-c5cccc(-c6nc7ccc(C)cc7s6)c5)c5c(-c6ccccc6)c6ccccc6c(-c6ccccc6)c45)c3)sc2c1. The Balaban J connectivity index is 1.26. The maximum absolute atomic E-state index is 5.16. The summed E-state index contributed by atoms with van der Waals surface area (Å²) in [5.41, 5.74) is 16.4. The van der Waals surface area contributed by atoms with Crippen molar-refractivity contribution in [3.8, 4) is 65.6 Å². The maximum atomic E-state index is 5.16. The van der Waals surface area contributed by atoms with Crippen molar-refractivity contribution in [2.75, 3.05) is 0 Å². The molecule has 0 fully saturated rings. The zero-order valence-corrected chi connectivity index (χ0v) is 35.8. The van der Waals surface area contributed by atoms with Crippen LogP contribution in [0.1, 0.15) is 11.1 Å². The molecule has 0 saturated carbocycles. The maximum Gasteiger partial charge on any atom is 0.124 e. The minimum atomic E-state index is 1.03. The molecule has 0 amide bonds. The van der Waals surface area contributed by atoms with E-state index < -0.39 is 0 Å². The molecule has 0 unspecified atom stereocenters. The predicted octanol–water partition coefficient (Wildman–Crippen LogP) is 17.0. The molecular weight excluding hydrogens is 789 g/mol. The number of thiazole rings is 2. The summed E-state index contributed by atoms with van der Waals surface area (Å²) in [5, 5.41) is 9.39. The van der Waals surface area contributed by atoms with E-state index in [1.165, 1.54) is 86.2 Å². The van der Waals surface area contributed by atoms with Crippen LogP contribution in [0.5, 0.6) is 0 Å². The molecule has 62 heavy (non-hydrogen) atoms. The van der Waals surface area contributed by atoms with Gasteiger partial charge in [-0.2, -0.15) is 0 Å². The van der Waals surface area contributed by atoms with Crippen LogP contribution in [0.15, 0.2) is 194 Å². The highest BCUT2D eigenvalue weighted by atomic mass is 32.1. The first-order chi connectivity index (χ1) is 30.6. The van der Waals surface area contributed by atoms with Crippen molar-refractivity contribution < 1.29 is 0 Å². The Kier molecular flexibility index (Phi) is 8.70. The molecule has 10 aromatic carbocycles. The van der Waals surface area contributed by atoms with E-state index in [0.717, 1.165) is 43.3 Å². The molecule has 4 heteroatoms. The van der Waals surface area contributed by atoms with Crippen molar-refractivity contribution in [2.24, 2.45) is 0 Å². The molecule has 12 rings (SSSR count). The van der Waals surface area contributed by atoms with Gasteiger partial charge in [0.1, 0.15) is 10.0 Å². The first-order valence-corrected chi connectivity index (χ1v) is 22.7. The summed E-state index contributed by atoms with van der Waals surface area (Å²) in [6.45, 7) is 4.30. The average Bonchev–Trinajstić information content (AvgIpc) is 3.95. The van der Waals surface area contributed by atoms with Gasteiger partial charge in [0.2, 0.25) is 0 Å². The Morgan fingerprint density at radius 3 is 1.05 bits per heavy atom. The zero-order valence-electron chi connectivity index (χ0n) is 34.2. The van der Waals surface area contributed by atoms with Crippen molar-refractivity contribution in [2.45, 2.75) is 13.8 Å². The molecule has 2 aromatic heterocycles. The van der Waals surface area contributed by atoms with Crippen molar-refractivity contribution in [1.82, 2.24) is 9.97 Å². The first kappa shape index (κ1) is 36.6. The number of hydrogen-bond acceptors (Lipinski definition) is 4. The number of fused-ring (bicyclic) bond motifs is 5. The number of nitrogens with zero attached hydrogens (tertiary/aromatic N) is 2. The lowest BCUT2D eigenvalue weighted by atomic mass is 9.77. The third-order valence-electron chi connectivity index (χ3n) is 12.2. The van der Waals surface area contributed by atoms with Crippen LogP contribution in [-0.4, -0.2) is 9.97 Å². The summed E-state index contributed by atoms with van der Waals surface area (Å²) in [4.78, 5) is 10.3. The minimum absolute atomic E-state index is 1.03. The molecule has 0 saturated heterocycles. The van der Waals surface area contributed by atoms with Gasteiger partial charge in [0, 0.05) is 11.1 Å². The second-order valence-corrected chi connectivity index (χ2v) is 18.3. The summed E-state index contributed by atoms with van der Waals surface area (Å²) < 4.78 is 2.42. The highest BCUT2D eigenvalue weighted by Crippen LogP contribution is 2.54. The highest BCUT2D eigenvalue weighted by Gasteiger charge is 2.26. The van der Waals surface area contributed by atoms with Crippen LogP contribution in [0, 0.1) is 13.8 Å². The highest BCUT2D eigenvalue weighted by molar-refractivity contribution is 7.22. The predicted molar refractivity (Wildman–Crippen MR) is 267 cm³/mol. The van der Waals surface area contributed by atoms with E-state index in [4.69, 9.17) is 9.97 Å². The molecule has 0 radical (unpaired) electrons. The molecule has 2 nitrogen and oxygen atoms in total. The summed E-state index contributed by atoms with van der Waals surface area (Å²) in [5.74, 6) is 0. The van der Waals surface area contributed by atoms with E-state index in [1.54, 1.807) is 22.7 Å². The van der Waals surface area contributed by atoms with Gasteiger partial charge in [0.05, 0.1) is 20.4 Å². The largest absolute Gasteiger partial charge is 0.236 e. The van der Waals surface area contributed by atoms with Crippen LogP contribution in [0.2, 0.25) is 0 Å². The van der Waals surface area contributed by atoms with E-state index >= 15 is 0 Å². The van der Waals surface area contributed by atoms with Crippen LogP contribution < -0.4 is 0 Å². The van der Waals surface area contributed by atoms with Gasteiger partial charge in [-0.15, -0.1) is 22.7 Å². The standard InChI is InChI=1S/C58H38N2S2/c1-35-27-29-47-49(31-35)61-57(59-47)41-21-13-19-39(33-41)53-45-25-11-12-26-46(45)54(40-20-14-22-42(34-40)58-60-48-30-28-36(2)32-50(48)62-58)56-52(38-17-7-4-8-18-38)44-24-10-9-23-43(44)51(55(53)56)37-15-5-3-6-16-37/h3-34H,1-2H3. The number of aryl methyl sites for hydroxylation is 2. The molecule has 2 heterocycles. The normalized spacial score (nSPS) is 11.7. The van der Waals surface area contributed by atoms with Crippen LogP contribution in [0.4, 0.5) is 0 Å². The summed E-state index contributed by atoms with van der Waals surface area (Å²) in [6, 6.07) is 71.3. The van der Waals surface area contributed by atoms with Gasteiger partial charge < -0.3 is 0 Å². The van der Waals surface area contributed by atoms with Crippen LogP contribution in [-0.2, 0) is 0 Å². The smallest absolute Gasteiger partial charge is 0.124 e. The molecule has 12 aromatic rings. The van der Waals surface area contributed by atoms with E-state index in [9.17, 15) is 0 Å². The van der Waals surface area contributed by atoms with Crippen molar-refractivity contribution >= 4 is 75.4 Å². The Hall–Kier alpha value is -7.24. The third kappa shape index (κ3) is 6.06. The van der Waals surface area contributed by atoms with Gasteiger partial charge in [-0.25, -0.2) is 9.97 Å². The van der Waals surface area contributed by atoms with Gasteiger partial charge in [-0.3, -0.25) is 0 Å². The van der Waals surface area contributed by atoms with Crippen molar-refractivity contribution in [3.05, 3.63) is 205 Å². The molecular formula is C58H38N2S2. The Labute approximate surface area is 368 Å². The van der Waals surface area contributed by atoms with Crippen molar-refractivity contribution in [1.29, 1.82) is 0 Å². The van der Waals surface area contributed by atoms with Crippen LogP contribution in [0.3, 0.4) is 0 Å². The van der Waals surface area contributed by atoms with E-state index in [-0.39, 0.29) is 0 Å². The number of rotatable bonds is 6. The fraction of sp³-hybridized carbons (Fsp3) is 0.0345. The van der Waals surface area contributed by atoms with Gasteiger partial charge in [0.15, 0.2) is 0 Å². The fourth-order valence-electron chi connectivity index (χ4n) is 9.46. The Bertz CT molecular complexity index is 3470. The van der Waals surface area contributed by atoms with Gasteiger partial charge in [-0.1, -0.05) is 158 Å². The van der Waals surface area contributed by atoms with E-state index in [0.29, 0.717) is 0 Å². The van der Waals surface area contributed by atoms with Gasteiger partial charge >= 0.3 is 0 Å². The lowest BCUT2D eigenvalue weighted by Gasteiger charge is -2.25.